The lowest BCUT2D eigenvalue weighted by Crippen LogP contribution is -2.17. The molecule has 0 heterocycles. The first kappa shape index (κ1) is 19.6. The molecule has 0 spiro atoms. The summed E-state index contributed by atoms with van der Waals surface area (Å²) >= 11 is 3.52. The van der Waals surface area contributed by atoms with Crippen LogP contribution in [0.3, 0.4) is 0 Å². The first-order valence-corrected chi connectivity index (χ1v) is 9.82. The highest BCUT2D eigenvalue weighted by Crippen LogP contribution is 2.24. The Morgan fingerprint density at radius 2 is 1.81 bits per heavy atom. The predicted octanol–water partition coefficient (Wildman–Crippen LogP) is 5.81. The van der Waals surface area contributed by atoms with E-state index < -0.39 is 0 Å². The summed E-state index contributed by atoms with van der Waals surface area (Å²) in [5.74, 6) is 0.710. The molecule has 1 N–H and O–H groups in total. The maximum absolute atomic E-state index is 13.7. The van der Waals surface area contributed by atoms with Crippen LogP contribution in [-0.4, -0.2) is 6.54 Å². The maximum Gasteiger partial charge on any atom is 0.126 e. The molecule has 3 aromatic rings. The van der Waals surface area contributed by atoms with E-state index in [9.17, 15) is 4.39 Å². The number of benzene rings is 3. The van der Waals surface area contributed by atoms with Crippen molar-refractivity contribution in [3.63, 3.8) is 0 Å². The van der Waals surface area contributed by atoms with Gasteiger partial charge in [0.25, 0.3) is 0 Å². The van der Waals surface area contributed by atoms with Gasteiger partial charge in [0.15, 0.2) is 0 Å². The molecule has 0 unspecified atom stereocenters. The number of nitrogens with one attached hydrogen (secondary N) is 1. The van der Waals surface area contributed by atoms with Crippen molar-refractivity contribution in [1.82, 2.24) is 5.32 Å². The molecule has 3 rings (SSSR count). The Bertz CT molecular complexity index is 897. The van der Waals surface area contributed by atoms with E-state index >= 15 is 0 Å². The zero-order valence-corrected chi connectivity index (χ0v) is 16.9. The molecule has 0 bridgehead atoms. The van der Waals surface area contributed by atoms with Gasteiger partial charge in [-0.05, 0) is 55.3 Å². The molecular weight excluding hydrogens is 405 g/mol. The second-order valence-electron chi connectivity index (χ2n) is 6.55. The van der Waals surface area contributed by atoms with Crippen molar-refractivity contribution in [3.8, 4) is 5.75 Å². The molecule has 0 saturated carbocycles. The second-order valence-corrected chi connectivity index (χ2v) is 7.46. The molecule has 0 aliphatic rings. The predicted molar refractivity (Wildman–Crippen MR) is 111 cm³/mol. The van der Waals surface area contributed by atoms with Gasteiger partial charge < -0.3 is 10.1 Å². The van der Waals surface area contributed by atoms with Gasteiger partial charge in [-0.2, -0.15) is 0 Å². The van der Waals surface area contributed by atoms with Gasteiger partial charge in [-0.3, -0.25) is 0 Å². The molecule has 0 aliphatic heterocycles. The number of aryl methyl sites for hydroxylation is 1. The number of ether oxygens (including phenoxy) is 1. The molecule has 0 atom stereocenters. The lowest BCUT2D eigenvalue weighted by molar-refractivity contribution is 0.302. The minimum Gasteiger partial charge on any atom is -0.489 e. The van der Waals surface area contributed by atoms with Crippen molar-refractivity contribution >= 4 is 15.9 Å². The molecular formula is C23H23BrFNO. The van der Waals surface area contributed by atoms with Crippen LogP contribution in [0, 0.1) is 12.7 Å². The Balaban J connectivity index is 1.58. The fourth-order valence-electron chi connectivity index (χ4n) is 2.94. The standard InChI is InChI=1S/C23H23BrFNO/c1-17-5-4-6-18(13-17)16-27-23-10-9-21(24)14-20(23)15-26-12-11-19-7-2-3-8-22(19)25/h2-10,13-14,26H,11-12,15-16H2,1H3. The topological polar surface area (TPSA) is 21.3 Å². The largest absolute Gasteiger partial charge is 0.489 e. The van der Waals surface area contributed by atoms with Crippen molar-refractivity contribution in [3.05, 3.63) is 99.3 Å². The van der Waals surface area contributed by atoms with Gasteiger partial charge in [-0.25, -0.2) is 4.39 Å². The molecule has 0 fully saturated rings. The van der Waals surface area contributed by atoms with Crippen LogP contribution in [0.25, 0.3) is 0 Å². The Morgan fingerprint density at radius 1 is 0.963 bits per heavy atom. The Labute approximate surface area is 168 Å². The van der Waals surface area contributed by atoms with Crippen molar-refractivity contribution in [2.75, 3.05) is 6.54 Å². The summed E-state index contributed by atoms with van der Waals surface area (Å²) in [6.07, 6.45) is 0.653. The maximum atomic E-state index is 13.7. The molecule has 2 nitrogen and oxygen atoms in total. The highest BCUT2D eigenvalue weighted by Gasteiger charge is 2.06. The summed E-state index contributed by atoms with van der Waals surface area (Å²) in [6, 6.07) is 21.2. The third-order valence-corrected chi connectivity index (χ3v) is 4.84. The van der Waals surface area contributed by atoms with Crippen LogP contribution < -0.4 is 10.1 Å². The van der Waals surface area contributed by atoms with Gasteiger partial charge in [0.2, 0.25) is 0 Å². The van der Waals surface area contributed by atoms with Gasteiger partial charge in [-0.1, -0.05) is 64.0 Å². The van der Waals surface area contributed by atoms with Gasteiger partial charge in [0.05, 0.1) is 0 Å². The van der Waals surface area contributed by atoms with Crippen LogP contribution in [-0.2, 0) is 19.6 Å². The molecule has 0 radical (unpaired) electrons. The highest BCUT2D eigenvalue weighted by atomic mass is 79.9. The summed E-state index contributed by atoms with van der Waals surface area (Å²) in [6.45, 7) is 3.97. The molecule has 0 amide bonds. The van der Waals surface area contributed by atoms with Crippen molar-refractivity contribution in [2.45, 2.75) is 26.5 Å². The zero-order chi connectivity index (χ0) is 19.1. The van der Waals surface area contributed by atoms with E-state index in [4.69, 9.17) is 4.74 Å². The smallest absolute Gasteiger partial charge is 0.126 e. The molecule has 3 aromatic carbocycles. The van der Waals surface area contributed by atoms with Crippen LogP contribution in [0.2, 0.25) is 0 Å². The number of hydrogen-bond acceptors (Lipinski definition) is 2. The first-order chi connectivity index (χ1) is 13.1. The van der Waals surface area contributed by atoms with Crippen LogP contribution in [0.4, 0.5) is 4.39 Å². The monoisotopic (exact) mass is 427 g/mol. The van der Waals surface area contributed by atoms with E-state index in [-0.39, 0.29) is 5.82 Å². The molecule has 4 heteroatoms. The Morgan fingerprint density at radius 3 is 2.63 bits per heavy atom. The second kappa shape index (κ2) is 9.67. The van der Waals surface area contributed by atoms with E-state index in [1.807, 2.05) is 30.3 Å². The van der Waals surface area contributed by atoms with E-state index in [0.717, 1.165) is 26.9 Å². The average Bonchev–Trinajstić information content (AvgIpc) is 2.66. The minimum atomic E-state index is -0.149. The molecule has 0 aromatic heterocycles. The molecule has 27 heavy (non-hydrogen) atoms. The molecule has 0 aliphatic carbocycles. The first-order valence-electron chi connectivity index (χ1n) is 9.03. The molecule has 140 valence electrons. The van der Waals surface area contributed by atoms with E-state index in [0.29, 0.717) is 26.1 Å². The van der Waals surface area contributed by atoms with Gasteiger partial charge in [-0.15, -0.1) is 0 Å². The fourth-order valence-corrected chi connectivity index (χ4v) is 3.35. The summed E-state index contributed by atoms with van der Waals surface area (Å²) in [5, 5.41) is 3.38. The van der Waals surface area contributed by atoms with E-state index in [1.54, 1.807) is 6.07 Å². The minimum absolute atomic E-state index is 0.149. The molecule has 0 saturated heterocycles. The number of rotatable bonds is 8. The van der Waals surface area contributed by atoms with Crippen LogP contribution in [0.1, 0.15) is 22.3 Å². The van der Waals surface area contributed by atoms with Crippen molar-refractivity contribution in [2.24, 2.45) is 0 Å². The van der Waals surface area contributed by atoms with Crippen LogP contribution in [0.15, 0.2) is 71.2 Å². The average molecular weight is 428 g/mol. The van der Waals surface area contributed by atoms with E-state index in [1.165, 1.54) is 11.6 Å². The quantitative estimate of drug-likeness (QED) is 0.458. The van der Waals surface area contributed by atoms with Gasteiger partial charge >= 0.3 is 0 Å². The van der Waals surface area contributed by atoms with Crippen LogP contribution >= 0.6 is 15.9 Å². The van der Waals surface area contributed by atoms with Crippen LogP contribution in [0.5, 0.6) is 5.75 Å². The highest BCUT2D eigenvalue weighted by molar-refractivity contribution is 9.10. The zero-order valence-electron chi connectivity index (χ0n) is 15.3. The Kier molecular flexibility index (Phi) is 7.02. The summed E-state index contributed by atoms with van der Waals surface area (Å²) in [7, 11) is 0. The lowest BCUT2D eigenvalue weighted by atomic mass is 10.1. The van der Waals surface area contributed by atoms with Gasteiger partial charge in [0.1, 0.15) is 18.2 Å². The third kappa shape index (κ3) is 5.91. The number of hydrogen-bond donors (Lipinski definition) is 1. The fraction of sp³-hybridized carbons (Fsp3) is 0.217. The Hall–Kier alpha value is -2.17. The van der Waals surface area contributed by atoms with E-state index in [2.05, 4.69) is 52.4 Å². The number of halogens is 2. The van der Waals surface area contributed by atoms with Crippen molar-refractivity contribution in [1.29, 1.82) is 0 Å². The SMILES string of the molecule is Cc1cccc(COc2ccc(Br)cc2CNCCc2ccccc2F)c1. The summed E-state index contributed by atoms with van der Waals surface area (Å²) in [5.41, 5.74) is 4.18. The summed E-state index contributed by atoms with van der Waals surface area (Å²) in [4.78, 5) is 0. The third-order valence-electron chi connectivity index (χ3n) is 4.34. The summed E-state index contributed by atoms with van der Waals surface area (Å²) < 4.78 is 20.8. The van der Waals surface area contributed by atoms with Gasteiger partial charge in [0, 0.05) is 16.6 Å². The lowest BCUT2D eigenvalue weighted by Gasteiger charge is -2.13. The normalized spacial score (nSPS) is 10.8. The van der Waals surface area contributed by atoms with Crippen molar-refractivity contribution < 1.29 is 9.13 Å².